The number of aryl methyl sites for hydroxylation is 2. The molecule has 3 heteroatoms. The van der Waals surface area contributed by atoms with Crippen molar-refractivity contribution in [2.45, 2.75) is 12.8 Å². The average molecular weight is 494 g/mol. The highest BCUT2D eigenvalue weighted by Crippen LogP contribution is 2.14. The monoisotopic (exact) mass is 494 g/mol. The Hall–Kier alpha value is 0.250. The Morgan fingerprint density at radius 1 is 0.737 bits per heavy atom. The predicted octanol–water partition coefficient (Wildman–Crippen LogP) is 5.41. The quantitative estimate of drug-likeness (QED) is 0.382. The van der Waals surface area contributed by atoms with E-state index in [1.165, 1.54) is 42.6 Å². The number of rotatable bonds is 6. The average Bonchev–Trinajstić information content (AvgIpc) is 2.38. The second-order valence-corrected chi connectivity index (χ2v) is 8.09. The van der Waals surface area contributed by atoms with Crippen molar-refractivity contribution in [3.8, 4) is 0 Å². The van der Waals surface area contributed by atoms with Gasteiger partial charge in [0.05, 0.1) is 0 Å². The van der Waals surface area contributed by atoms with Crippen molar-refractivity contribution in [1.29, 1.82) is 0 Å². The second kappa shape index (κ2) is 8.52. The molecular formula is C16H16I2S. The molecule has 0 spiro atoms. The Bertz CT molecular complexity index is 478. The van der Waals surface area contributed by atoms with Crippen LogP contribution in [0.15, 0.2) is 48.5 Å². The van der Waals surface area contributed by atoms with Crippen LogP contribution in [-0.2, 0) is 12.8 Å². The normalized spacial score (nSPS) is 10.6. The molecule has 0 aliphatic carbocycles. The molecule has 0 amide bonds. The molecule has 0 fully saturated rings. The zero-order valence-electron chi connectivity index (χ0n) is 10.6. The Morgan fingerprint density at radius 3 is 1.63 bits per heavy atom. The van der Waals surface area contributed by atoms with Gasteiger partial charge >= 0.3 is 0 Å². The maximum atomic E-state index is 2.38. The van der Waals surface area contributed by atoms with Crippen LogP contribution in [0.2, 0.25) is 0 Å². The minimum Gasteiger partial charge on any atom is -0.161 e. The first-order valence-electron chi connectivity index (χ1n) is 6.31. The van der Waals surface area contributed by atoms with E-state index in [9.17, 15) is 0 Å². The lowest BCUT2D eigenvalue weighted by Gasteiger charge is -2.04. The van der Waals surface area contributed by atoms with E-state index in [1.54, 1.807) is 0 Å². The molecule has 0 nitrogen and oxygen atoms in total. The lowest BCUT2D eigenvalue weighted by atomic mass is 10.2. The van der Waals surface area contributed by atoms with Crippen LogP contribution in [0, 0.1) is 7.14 Å². The van der Waals surface area contributed by atoms with Gasteiger partial charge in [0.25, 0.3) is 0 Å². The first-order valence-corrected chi connectivity index (χ1v) is 9.62. The number of hydrogen-bond donors (Lipinski definition) is 0. The fraction of sp³-hybridized carbons (Fsp3) is 0.250. The van der Waals surface area contributed by atoms with E-state index >= 15 is 0 Å². The molecule has 0 saturated carbocycles. The molecule has 2 aromatic carbocycles. The van der Waals surface area contributed by atoms with Gasteiger partial charge < -0.3 is 0 Å². The highest BCUT2D eigenvalue weighted by atomic mass is 127. The maximum Gasteiger partial charge on any atom is 0.0133 e. The van der Waals surface area contributed by atoms with Crippen molar-refractivity contribution in [2.24, 2.45) is 0 Å². The van der Waals surface area contributed by atoms with E-state index in [4.69, 9.17) is 0 Å². The van der Waals surface area contributed by atoms with Crippen LogP contribution in [0.4, 0.5) is 0 Å². The van der Waals surface area contributed by atoms with Gasteiger partial charge in [0.15, 0.2) is 0 Å². The predicted molar refractivity (Wildman–Crippen MR) is 103 cm³/mol. The summed E-state index contributed by atoms with van der Waals surface area (Å²) in [6.45, 7) is 0. The van der Waals surface area contributed by atoms with Gasteiger partial charge in [0.2, 0.25) is 0 Å². The van der Waals surface area contributed by atoms with Crippen molar-refractivity contribution in [3.63, 3.8) is 0 Å². The highest BCUT2D eigenvalue weighted by Gasteiger charge is 1.97. The molecule has 0 saturated heterocycles. The standard InChI is InChI=1S/C16H16I2S/c17-15-5-1-3-13(11-15)7-9-19-10-8-14-4-2-6-16(18)12-14/h1-6,11-12H,7-10H2. The largest absolute Gasteiger partial charge is 0.161 e. The van der Waals surface area contributed by atoms with Crippen LogP contribution < -0.4 is 0 Å². The van der Waals surface area contributed by atoms with E-state index in [2.05, 4.69) is 93.7 Å². The van der Waals surface area contributed by atoms with Crippen LogP contribution >= 0.6 is 56.9 Å². The van der Waals surface area contributed by atoms with Gasteiger partial charge in [-0.3, -0.25) is 0 Å². The van der Waals surface area contributed by atoms with Gasteiger partial charge in [-0.05, 0) is 105 Å². The summed E-state index contributed by atoms with van der Waals surface area (Å²) >= 11 is 6.80. The van der Waals surface area contributed by atoms with Crippen molar-refractivity contribution >= 4 is 56.9 Å². The number of halogens is 2. The highest BCUT2D eigenvalue weighted by molar-refractivity contribution is 14.1. The van der Waals surface area contributed by atoms with Crippen molar-refractivity contribution in [3.05, 3.63) is 66.8 Å². The number of benzene rings is 2. The fourth-order valence-corrected chi connectivity index (χ4v) is 4.05. The summed E-state index contributed by atoms with van der Waals surface area (Å²) in [4.78, 5) is 0. The third-order valence-electron chi connectivity index (χ3n) is 2.85. The zero-order valence-corrected chi connectivity index (χ0v) is 15.7. The molecular weight excluding hydrogens is 478 g/mol. The van der Waals surface area contributed by atoms with Gasteiger partial charge in [-0.1, -0.05) is 24.3 Å². The van der Waals surface area contributed by atoms with Gasteiger partial charge in [0, 0.05) is 7.14 Å². The van der Waals surface area contributed by atoms with Crippen LogP contribution in [0.3, 0.4) is 0 Å². The molecule has 0 heterocycles. The summed E-state index contributed by atoms with van der Waals surface area (Å²) in [5.74, 6) is 2.42. The van der Waals surface area contributed by atoms with Gasteiger partial charge in [-0.2, -0.15) is 11.8 Å². The topological polar surface area (TPSA) is 0 Å². The fourth-order valence-electron chi connectivity index (χ4n) is 1.87. The van der Waals surface area contributed by atoms with E-state index in [1.807, 2.05) is 11.8 Å². The smallest absolute Gasteiger partial charge is 0.0133 e. The summed E-state index contributed by atoms with van der Waals surface area (Å²) in [6.07, 6.45) is 2.35. The molecule has 19 heavy (non-hydrogen) atoms. The van der Waals surface area contributed by atoms with Gasteiger partial charge in [-0.25, -0.2) is 0 Å². The van der Waals surface area contributed by atoms with E-state index in [0.717, 1.165) is 0 Å². The zero-order chi connectivity index (χ0) is 13.5. The van der Waals surface area contributed by atoms with Crippen LogP contribution in [0.1, 0.15) is 11.1 Å². The molecule has 0 atom stereocenters. The minimum atomic E-state index is 1.17. The molecule has 0 N–H and O–H groups in total. The Labute approximate surface area is 147 Å². The number of thioether (sulfide) groups is 1. The first-order chi connectivity index (χ1) is 9.24. The summed E-state index contributed by atoms with van der Waals surface area (Å²) in [6, 6.07) is 17.6. The van der Waals surface area contributed by atoms with Crippen molar-refractivity contribution < 1.29 is 0 Å². The Balaban J connectivity index is 1.67. The summed E-state index contributed by atoms with van der Waals surface area (Å²) in [7, 11) is 0. The summed E-state index contributed by atoms with van der Waals surface area (Å²) < 4.78 is 2.66. The van der Waals surface area contributed by atoms with Crippen molar-refractivity contribution in [2.75, 3.05) is 11.5 Å². The van der Waals surface area contributed by atoms with E-state index in [0.29, 0.717) is 0 Å². The van der Waals surface area contributed by atoms with Gasteiger partial charge in [0.1, 0.15) is 0 Å². The molecule has 2 aromatic rings. The SMILES string of the molecule is Ic1cccc(CCSCCc2cccc(I)c2)c1. The van der Waals surface area contributed by atoms with Crippen LogP contribution in [-0.4, -0.2) is 11.5 Å². The molecule has 0 bridgehead atoms. The van der Waals surface area contributed by atoms with E-state index in [-0.39, 0.29) is 0 Å². The summed E-state index contributed by atoms with van der Waals surface area (Å²) in [5, 5.41) is 0. The van der Waals surface area contributed by atoms with Crippen molar-refractivity contribution in [1.82, 2.24) is 0 Å². The van der Waals surface area contributed by atoms with Crippen LogP contribution in [0.25, 0.3) is 0 Å². The third-order valence-corrected chi connectivity index (χ3v) is 5.18. The molecule has 0 unspecified atom stereocenters. The molecule has 0 aliphatic heterocycles. The van der Waals surface area contributed by atoms with E-state index < -0.39 is 0 Å². The second-order valence-electron chi connectivity index (χ2n) is 4.37. The molecule has 0 aromatic heterocycles. The van der Waals surface area contributed by atoms with Gasteiger partial charge in [-0.15, -0.1) is 0 Å². The summed E-state index contributed by atoms with van der Waals surface area (Å²) in [5.41, 5.74) is 2.90. The lowest BCUT2D eigenvalue weighted by molar-refractivity contribution is 1.12. The molecule has 0 radical (unpaired) electrons. The number of hydrogen-bond acceptors (Lipinski definition) is 1. The lowest BCUT2D eigenvalue weighted by Crippen LogP contribution is -1.93. The Kier molecular flexibility index (Phi) is 7.01. The molecule has 0 aliphatic rings. The first kappa shape index (κ1) is 15.6. The Morgan fingerprint density at radius 2 is 1.21 bits per heavy atom. The maximum absolute atomic E-state index is 2.38. The van der Waals surface area contributed by atoms with Crippen LogP contribution in [0.5, 0.6) is 0 Å². The minimum absolute atomic E-state index is 1.17. The molecule has 100 valence electrons. The third kappa shape index (κ3) is 6.04. The molecule has 2 rings (SSSR count).